The average Bonchev–Trinajstić information content (AvgIpc) is 2.13. The topological polar surface area (TPSA) is 46.5 Å². The first-order valence-corrected chi connectivity index (χ1v) is 4.74. The molecule has 0 aromatic heterocycles. The van der Waals surface area contributed by atoms with Crippen LogP contribution in [0.2, 0.25) is 0 Å². The van der Waals surface area contributed by atoms with Crippen molar-refractivity contribution in [1.29, 1.82) is 0 Å². The molecule has 1 atom stereocenters. The second-order valence-corrected chi connectivity index (χ2v) is 3.73. The Bertz CT molecular complexity index is 202. The molecule has 4 nitrogen and oxygen atoms in total. The van der Waals surface area contributed by atoms with Gasteiger partial charge < -0.3 is 9.84 Å². The standard InChI is InChI=1S/C10H20NO3/c1-5-9(14-10(13)6-2)11(3,4)7-8-12/h6,9,12H,2,5,7-8H2,1,3-4H3/q+1. The fourth-order valence-corrected chi connectivity index (χ4v) is 1.30. The lowest BCUT2D eigenvalue weighted by molar-refractivity contribution is -0.935. The highest BCUT2D eigenvalue weighted by atomic mass is 16.6. The molecule has 14 heavy (non-hydrogen) atoms. The van der Waals surface area contributed by atoms with Gasteiger partial charge in [-0.1, -0.05) is 13.5 Å². The molecule has 0 rings (SSSR count). The normalized spacial score (nSPS) is 13.4. The van der Waals surface area contributed by atoms with Crippen LogP contribution in [-0.4, -0.2) is 49.0 Å². The number of nitrogens with zero attached hydrogens (tertiary/aromatic N) is 1. The number of likely N-dealkylation sites (N-methyl/N-ethyl adjacent to an activating group) is 1. The van der Waals surface area contributed by atoms with Crippen LogP contribution >= 0.6 is 0 Å². The lowest BCUT2D eigenvalue weighted by atomic mass is 10.3. The van der Waals surface area contributed by atoms with Gasteiger partial charge >= 0.3 is 5.97 Å². The number of ether oxygens (including phenoxy) is 1. The van der Waals surface area contributed by atoms with Gasteiger partial charge in [0, 0.05) is 12.5 Å². The Hall–Kier alpha value is -0.870. The molecule has 0 heterocycles. The molecule has 0 aliphatic rings. The Morgan fingerprint density at radius 1 is 1.64 bits per heavy atom. The van der Waals surface area contributed by atoms with Crippen LogP contribution < -0.4 is 0 Å². The van der Waals surface area contributed by atoms with Crippen molar-refractivity contribution in [3.8, 4) is 0 Å². The van der Waals surface area contributed by atoms with E-state index >= 15 is 0 Å². The molecule has 0 aliphatic heterocycles. The predicted octanol–water partition coefficient (Wildman–Crippen LogP) is 0.520. The number of aliphatic hydroxyl groups is 1. The number of carbonyl (C=O) groups excluding carboxylic acids is 1. The summed E-state index contributed by atoms with van der Waals surface area (Å²) in [4.78, 5) is 11.0. The minimum atomic E-state index is -0.416. The van der Waals surface area contributed by atoms with E-state index in [-0.39, 0.29) is 12.8 Å². The quantitative estimate of drug-likeness (QED) is 0.296. The molecule has 0 radical (unpaired) electrons. The zero-order chi connectivity index (χ0) is 11.2. The third-order valence-corrected chi connectivity index (χ3v) is 2.22. The molecule has 1 N–H and O–H groups in total. The van der Waals surface area contributed by atoms with Gasteiger partial charge in [-0.3, -0.25) is 4.48 Å². The minimum Gasteiger partial charge on any atom is -0.409 e. The Balaban J connectivity index is 4.37. The minimum absolute atomic E-state index is 0.0785. The molecular weight excluding hydrogens is 182 g/mol. The maximum Gasteiger partial charge on any atom is 0.334 e. The van der Waals surface area contributed by atoms with Gasteiger partial charge in [0.2, 0.25) is 6.23 Å². The maximum atomic E-state index is 11.0. The van der Waals surface area contributed by atoms with E-state index in [1.165, 1.54) is 0 Å². The van der Waals surface area contributed by atoms with E-state index < -0.39 is 5.97 Å². The van der Waals surface area contributed by atoms with Crippen molar-refractivity contribution in [2.45, 2.75) is 19.6 Å². The zero-order valence-electron chi connectivity index (χ0n) is 9.19. The number of rotatable bonds is 6. The summed E-state index contributed by atoms with van der Waals surface area (Å²) < 4.78 is 5.64. The molecular formula is C10H20NO3+. The fourth-order valence-electron chi connectivity index (χ4n) is 1.30. The SMILES string of the molecule is C=CC(=O)OC(CC)[N+](C)(C)CCO. The lowest BCUT2D eigenvalue weighted by Crippen LogP contribution is -2.52. The Labute approximate surface area is 85.4 Å². The van der Waals surface area contributed by atoms with E-state index in [2.05, 4.69) is 6.58 Å². The van der Waals surface area contributed by atoms with Crippen LogP contribution in [0.5, 0.6) is 0 Å². The molecule has 1 unspecified atom stereocenters. The second-order valence-electron chi connectivity index (χ2n) is 3.73. The number of aliphatic hydroxyl groups excluding tert-OH is 1. The van der Waals surface area contributed by atoms with E-state index in [9.17, 15) is 4.79 Å². The van der Waals surface area contributed by atoms with Crippen molar-refractivity contribution in [2.24, 2.45) is 0 Å². The lowest BCUT2D eigenvalue weighted by Gasteiger charge is -2.35. The maximum absolute atomic E-state index is 11.0. The van der Waals surface area contributed by atoms with Gasteiger partial charge in [0.15, 0.2) is 0 Å². The number of esters is 1. The van der Waals surface area contributed by atoms with Crippen molar-refractivity contribution < 1.29 is 19.1 Å². The molecule has 4 heteroatoms. The Morgan fingerprint density at radius 2 is 2.21 bits per heavy atom. The third-order valence-electron chi connectivity index (χ3n) is 2.22. The van der Waals surface area contributed by atoms with Gasteiger partial charge in [-0.25, -0.2) is 4.79 Å². The molecule has 0 fully saturated rings. The van der Waals surface area contributed by atoms with E-state index in [0.717, 1.165) is 6.08 Å². The number of hydrogen-bond donors (Lipinski definition) is 1. The first-order chi connectivity index (χ1) is 6.47. The highest BCUT2D eigenvalue weighted by Crippen LogP contribution is 2.12. The van der Waals surface area contributed by atoms with E-state index in [1.54, 1.807) is 0 Å². The van der Waals surface area contributed by atoms with E-state index in [1.807, 2.05) is 21.0 Å². The van der Waals surface area contributed by atoms with Gasteiger partial charge in [-0.2, -0.15) is 0 Å². The van der Waals surface area contributed by atoms with Crippen molar-refractivity contribution >= 4 is 5.97 Å². The van der Waals surface area contributed by atoms with Crippen LogP contribution in [0.1, 0.15) is 13.3 Å². The van der Waals surface area contributed by atoms with Crippen molar-refractivity contribution in [1.82, 2.24) is 0 Å². The van der Waals surface area contributed by atoms with Crippen LogP contribution in [0.25, 0.3) is 0 Å². The van der Waals surface area contributed by atoms with Gasteiger partial charge in [0.1, 0.15) is 6.54 Å². The number of quaternary nitrogens is 1. The summed E-state index contributed by atoms with van der Waals surface area (Å²) in [7, 11) is 3.83. The molecule has 0 amide bonds. The van der Waals surface area contributed by atoms with Gasteiger partial charge in [-0.15, -0.1) is 0 Å². The second kappa shape index (κ2) is 5.78. The summed E-state index contributed by atoms with van der Waals surface area (Å²) in [6, 6.07) is 0. The van der Waals surface area contributed by atoms with Gasteiger partial charge in [0.25, 0.3) is 0 Å². The zero-order valence-corrected chi connectivity index (χ0v) is 9.19. The molecule has 0 saturated heterocycles. The van der Waals surface area contributed by atoms with E-state index in [4.69, 9.17) is 9.84 Å². The monoisotopic (exact) mass is 202 g/mol. The van der Waals surface area contributed by atoms with Crippen molar-refractivity contribution in [2.75, 3.05) is 27.2 Å². The van der Waals surface area contributed by atoms with Crippen molar-refractivity contribution in [3.05, 3.63) is 12.7 Å². The highest BCUT2D eigenvalue weighted by molar-refractivity contribution is 5.81. The summed E-state index contributed by atoms with van der Waals surface area (Å²) >= 11 is 0. The molecule has 82 valence electrons. The summed E-state index contributed by atoms with van der Waals surface area (Å²) in [6.07, 6.45) is 1.64. The Kier molecular flexibility index (Phi) is 5.42. The van der Waals surface area contributed by atoms with Crippen molar-refractivity contribution in [3.63, 3.8) is 0 Å². The summed E-state index contributed by atoms with van der Waals surface area (Å²) in [5, 5.41) is 8.86. The smallest absolute Gasteiger partial charge is 0.334 e. The molecule has 0 aliphatic carbocycles. The first kappa shape index (κ1) is 13.1. The van der Waals surface area contributed by atoms with Crippen LogP contribution in [0.15, 0.2) is 12.7 Å². The summed E-state index contributed by atoms with van der Waals surface area (Å²) in [5.41, 5.74) is 0. The summed E-state index contributed by atoms with van der Waals surface area (Å²) in [6.45, 7) is 5.92. The fraction of sp³-hybridized carbons (Fsp3) is 0.700. The summed E-state index contributed by atoms with van der Waals surface area (Å²) in [5.74, 6) is -0.416. The van der Waals surface area contributed by atoms with Gasteiger partial charge in [-0.05, 0) is 0 Å². The molecule has 0 bridgehead atoms. The van der Waals surface area contributed by atoms with Crippen LogP contribution in [0, 0.1) is 0 Å². The van der Waals surface area contributed by atoms with E-state index in [0.29, 0.717) is 17.4 Å². The van der Waals surface area contributed by atoms with Gasteiger partial charge in [0.05, 0.1) is 20.7 Å². The molecule has 0 aromatic rings. The molecule has 0 spiro atoms. The first-order valence-electron chi connectivity index (χ1n) is 4.74. The largest absolute Gasteiger partial charge is 0.409 e. The molecule has 0 aromatic carbocycles. The number of carbonyl (C=O) groups is 1. The van der Waals surface area contributed by atoms with Crippen LogP contribution in [-0.2, 0) is 9.53 Å². The Morgan fingerprint density at radius 3 is 2.57 bits per heavy atom. The predicted molar refractivity (Wildman–Crippen MR) is 54.4 cm³/mol. The van der Waals surface area contributed by atoms with Crippen LogP contribution in [0.3, 0.4) is 0 Å². The third kappa shape index (κ3) is 3.89. The average molecular weight is 202 g/mol. The highest BCUT2D eigenvalue weighted by Gasteiger charge is 2.28. The molecule has 0 saturated carbocycles. The number of hydrogen-bond acceptors (Lipinski definition) is 3. The van der Waals surface area contributed by atoms with Crippen LogP contribution in [0.4, 0.5) is 0 Å².